The predicted octanol–water partition coefficient (Wildman–Crippen LogP) is 3.25. The number of benzene rings is 1. The van der Waals surface area contributed by atoms with Crippen molar-refractivity contribution >= 4 is 24.2 Å². The predicted molar refractivity (Wildman–Crippen MR) is 89.2 cm³/mol. The van der Waals surface area contributed by atoms with Gasteiger partial charge in [-0.25, -0.2) is 9.78 Å². The molecule has 0 unspecified atom stereocenters. The number of oxazole rings is 1. The van der Waals surface area contributed by atoms with Gasteiger partial charge in [0.1, 0.15) is 5.76 Å². The van der Waals surface area contributed by atoms with E-state index >= 15 is 0 Å². The average Bonchev–Trinajstić information content (AvgIpc) is 3.07. The van der Waals surface area contributed by atoms with Gasteiger partial charge in [-0.05, 0) is 43.0 Å². The third-order valence-electron chi connectivity index (χ3n) is 4.00. The largest absolute Gasteiger partial charge is 0.465 e. The van der Waals surface area contributed by atoms with Crippen molar-refractivity contribution in [3.8, 4) is 0 Å². The Kier molecular flexibility index (Phi) is 6.01. The summed E-state index contributed by atoms with van der Waals surface area (Å²) in [5.74, 6) is 1.03. The van der Waals surface area contributed by atoms with Gasteiger partial charge in [-0.1, -0.05) is 12.1 Å². The molecule has 3 rings (SSSR count). The lowest BCUT2D eigenvalue weighted by Crippen LogP contribution is -2.29. The molecule has 23 heavy (non-hydrogen) atoms. The Morgan fingerprint density at radius 2 is 2.17 bits per heavy atom. The highest BCUT2D eigenvalue weighted by molar-refractivity contribution is 5.86. The molecule has 6 nitrogen and oxygen atoms in total. The molecule has 0 spiro atoms. The van der Waals surface area contributed by atoms with Crippen LogP contribution < -0.4 is 10.2 Å². The van der Waals surface area contributed by atoms with E-state index in [0.29, 0.717) is 17.4 Å². The van der Waals surface area contributed by atoms with E-state index in [9.17, 15) is 9.90 Å². The zero-order valence-electron chi connectivity index (χ0n) is 12.6. The second-order valence-corrected chi connectivity index (χ2v) is 5.47. The van der Waals surface area contributed by atoms with Gasteiger partial charge < -0.3 is 14.8 Å². The van der Waals surface area contributed by atoms with Crippen molar-refractivity contribution in [2.24, 2.45) is 0 Å². The summed E-state index contributed by atoms with van der Waals surface area (Å²) >= 11 is 0. The van der Waals surface area contributed by atoms with Crippen LogP contribution in [-0.2, 0) is 6.54 Å². The van der Waals surface area contributed by atoms with Crippen LogP contribution in [0.5, 0.6) is 0 Å². The summed E-state index contributed by atoms with van der Waals surface area (Å²) < 4.78 is 5.13. The highest BCUT2D eigenvalue weighted by Gasteiger charge is 2.18. The van der Waals surface area contributed by atoms with E-state index in [1.165, 1.54) is 35.9 Å². The van der Waals surface area contributed by atoms with E-state index in [4.69, 9.17) is 4.42 Å². The maximum absolute atomic E-state index is 11.5. The number of hydrogen-bond acceptors (Lipinski definition) is 4. The lowest BCUT2D eigenvalue weighted by molar-refractivity contribution is 0.200. The Labute approximate surface area is 140 Å². The molecule has 0 saturated carbocycles. The van der Waals surface area contributed by atoms with Crippen molar-refractivity contribution in [1.82, 2.24) is 10.3 Å². The summed E-state index contributed by atoms with van der Waals surface area (Å²) in [6.07, 6.45) is 4.17. The zero-order valence-corrected chi connectivity index (χ0v) is 13.5. The van der Waals surface area contributed by atoms with E-state index in [-0.39, 0.29) is 19.0 Å². The number of nitrogens with one attached hydrogen (secondary N) is 1. The SMILES string of the molecule is Cl.O=C(O)N(Cc1cnco1)c1ccc([C@H]2CCCNC2)cc1. The van der Waals surface area contributed by atoms with Gasteiger partial charge in [0.05, 0.1) is 12.7 Å². The minimum Gasteiger partial charge on any atom is -0.465 e. The molecule has 1 aromatic carbocycles. The van der Waals surface area contributed by atoms with Gasteiger partial charge in [0.15, 0.2) is 6.39 Å². The Morgan fingerprint density at radius 3 is 2.74 bits per heavy atom. The number of carboxylic acid groups (broad SMARTS) is 1. The van der Waals surface area contributed by atoms with Crippen LogP contribution in [0, 0.1) is 0 Å². The van der Waals surface area contributed by atoms with Crippen LogP contribution in [0.2, 0.25) is 0 Å². The molecule has 0 aliphatic carbocycles. The number of rotatable bonds is 4. The zero-order chi connectivity index (χ0) is 15.4. The molecule has 1 aliphatic heterocycles. The topological polar surface area (TPSA) is 78.6 Å². The number of anilines is 1. The third-order valence-corrected chi connectivity index (χ3v) is 4.00. The van der Waals surface area contributed by atoms with Crippen molar-refractivity contribution in [1.29, 1.82) is 0 Å². The molecule has 0 radical (unpaired) electrons. The van der Waals surface area contributed by atoms with Crippen LogP contribution >= 0.6 is 12.4 Å². The van der Waals surface area contributed by atoms with Gasteiger partial charge in [0, 0.05) is 12.2 Å². The molecule has 1 fully saturated rings. The average molecular weight is 338 g/mol. The van der Waals surface area contributed by atoms with Gasteiger partial charge in [-0.3, -0.25) is 4.90 Å². The van der Waals surface area contributed by atoms with Crippen LogP contribution in [0.4, 0.5) is 10.5 Å². The lowest BCUT2D eigenvalue weighted by Gasteiger charge is -2.24. The first kappa shape index (κ1) is 17.3. The standard InChI is InChI=1S/C16H19N3O3.ClH/c20-16(21)19(10-15-9-18-11-22-15)14-5-3-12(4-6-14)13-2-1-7-17-8-13;/h3-6,9,11,13,17H,1-2,7-8,10H2,(H,20,21);1H/t13-;/m0./s1. The number of aromatic nitrogens is 1. The normalized spacial score (nSPS) is 17.3. The minimum absolute atomic E-state index is 0. The van der Waals surface area contributed by atoms with Gasteiger partial charge in [0.25, 0.3) is 0 Å². The number of piperidine rings is 1. The first-order valence-electron chi connectivity index (χ1n) is 7.42. The second-order valence-electron chi connectivity index (χ2n) is 5.47. The molecular formula is C16H20ClN3O3. The number of hydrogen-bond donors (Lipinski definition) is 2. The molecule has 1 aromatic heterocycles. The van der Waals surface area contributed by atoms with E-state index in [0.717, 1.165) is 13.1 Å². The summed E-state index contributed by atoms with van der Waals surface area (Å²) in [7, 11) is 0. The molecule has 1 saturated heterocycles. The van der Waals surface area contributed by atoms with Crippen molar-refractivity contribution < 1.29 is 14.3 Å². The molecule has 0 bridgehead atoms. The Morgan fingerprint density at radius 1 is 1.39 bits per heavy atom. The van der Waals surface area contributed by atoms with E-state index in [1.54, 1.807) is 0 Å². The van der Waals surface area contributed by atoms with E-state index in [1.807, 2.05) is 24.3 Å². The molecule has 7 heteroatoms. The number of amides is 1. The number of carbonyl (C=O) groups is 1. The highest BCUT2D eigenvalue weighted by atomic mass is 35.5. The molecule has 1 amide bonds. The first-order chi connectivity index (χ1) is 10.7. The first-order valence-corrected chi connectivity index (χ1v) is 7.42. The number of halogens is 1. The summed E-state index contributed by atoms with van der Waals surface area (Å²) in [6.45, 7) is 2.22. The van der Waals surface area contributed by atoms with Gasteiger partial charge in [0.2, 0.25) is 0 Å². The maximum atomic E-state index is 11.5. The summed E-state index contributed by atoms with van der Waals surface area (Å²) in [5.41, 5.74) is 1.89. The van der Waals surface area contributed by atoms with E-state index < -0.39 is 6.09 Å². The van der Waals surface area contributed by atoms with Crippen molar-refractivity contribution in [2.45, 2.75) is 25.3 Å². The Bertz CT molecular complexity index is 610. The molecule has 2 aromatic rings. The van der Waals surface area contributed by atoms with Crippen molar-refractivity contribution in [3.05, 3.63) is 48.2 Å². The van der Waals surface area contributed by atoms with Crippen LogP contribution in [0.15, 0.2) is 41.3 Å². The van der Waals surface area contributed by atoms with E-state index in [2.05, 4.69) is 10.3 Å². The molecule has 1 atom stereocenters. The fourth-order valence-corrected chi connectivity index (χ4v) is 2.81. The van der Waals surface area contributed by atoms with Crippen LogP contribution in [0.25, 0.3) is 0 Å². The molecular weight excluding hydrogens is 318 g/mol. The van der Waals surface area contributed by atoms with Crippen molar-refractivity contribution in [2.75, 3.05) is 18.0 Å². The van der Waals surface area contributed by atoms with Crippen LogP contribution in [-0.4, -0.2) is 29.3 Å². The molecule has 124 valence electrons. The lowest BCUT2D eigenvalue weighted by atomic mass is 9.91. The highest BCUT2D eigenvalue weighted by Crippen LogP contribution is 2.26. The smallest absolute Gasteiger partial charge is 0.412 e. The Hall–Kier alpha value is -2.05. The monoisotopic (exact) mass is 337 g/mol. The van der Waals surface area contributed by atoms with Crippen molar-refractivity contribution in [3.63, 3.8) is 0 Å². The number of nitrogens with zero attached hydrogens (tertiary/aromatic N) is 2. The van der Waals surface area contributed by atoms with Gasteiger partial charge in [-0.2, -0.15) is 0 Å². The summed E-state index contributed by atoms with van der Waals surface area (Å²) in [4.78, 5) is 16.5. The Balaban J connectivity index is 0.00000192. The molecule has 2 N–H and O–H groups in total. The molecule has 1 aliphatic rings. The van der Waals surface area contributed by atoms with Crippen LogP contribution in [0.1, 0.15) is 30.1 Å². The summed E-state index contributed by atoms with van der Waals surface area (Å²) in [6, 6.07) is 7.75. The fraction of sp³-hybridized carbons (Fsp3) is 0.375. The quantitative estimate of drug-likeness (QED) is 0.895. The summed E-state index contributed by atoms with van der Waals surface area (Å²) in [5, 5.41) is 12.8. The fourth-order valence-electron chi connectivity index (χ4n) is 2.81. The minimum atomic E-state index is -1.01. The third kappa shape index (κ3) is 4.24. The van der Waals surface area contributed by atoms with Gasteiger partial charge >= 0.3 is 6.09 Å². The maximum Gasteiger partial charge on any atom is 0.412 e. The van der Waals surface area contributed by atoms with Gasteiger partial charge in [-0.15, -0.1) is 12.4 Å². The van der Waals surface area contributed by atoms with Crippen LogP contribution in [0.3, 0.4) is 0 Å². The molecule has 2 heterocycles. The second kappa shape index (κ2) is 7.99.